The van der Waals surface area contributed by atoms with Crippen molar-refractivity contribution in [2.24, 2.45) is 0 Å². The van der Waals surface area contributed by atoms with E-state index in [2.05, 4.69) is 4.18 Å². The highest BCUT2D eigenvalue weighted by molar-refractivity contribution is 7.88. The fourth-order valence-corrected chi connectivity index (χ4v) is 1.66. The molecule has 1 aromatic carbocycles. The molecule has 0 fully saturated rings. The number of hydrogen-bond acceptors (Lipinski definition) is 5. The second-order valence-electron chi connectivity index (χ2n) is 3.40. The average molecular weight is 299 g/mol. The first-order valence-electron chi connectivity index (χ1n) is 4.84. The molecule has 0 aromatic heterocycles. The summed E-state index contributed by atoms with van der Waals surface area (Å²) in [5.74, 6) is -0.568. The molecule has 106 valence electrons. The third-order valence-corrected chi connectivity index (χ3v) is 2.99. The Morgan fingerprint density at radius 3 is 2.37 bits per heavy atom. The molecule has 0 aliphatic rings. The van der Waals surface area contributed by atoms with Crippen molar-refractivity contribution in [3.8, 4) is 5.75 Å². The number of rotatable bonds is 5. The Kier molecular flexibility index (Phi) is 4.35. The normalized spacial score (nSPS) is 12.2. The van der Waals surface area contributed by atoms with Gasteiger partial charge in [-0.1, -0.05) is 18.2 Å². The van der Waals surface area contributed by atoms with Gasteiger partial charge in [0.15, 0.2) is 0 Å². The molecule has 0 radical (unpaired) electrons. The summed E-state index contributed by atoms with van der Waals surface area (Å²) in [6, 6.07) is 4.92. The molecule has 0 bridgehead atoms. The maximum atomic E-state index is 12.1. The number of hydrogen-bond donors (Lipinski definition) is 0. The Morgan fingerprint density at radius 2 is 1.84 bits per heavy atom. The van der Waals surface area contributed by atoms with Crippen molar-refractivity contribution >= 4 is 10.1 Å². The number of nitro groups is 1. The SMILES string of the molecule is O=[N+]([O-])CCc1ccccc1OS(=O)(=O)C(F)(F)F. The first-order valence-corrected chi connectivity index (χ1v) is 6.25. The van der Waals surface area contributed by atoms with E-state index in [0.29, 0.717) is 0 Å². The van der Waals surface area contributed by atoms with E-state index in [9.17, 15) is 31.7 Å². The van der Waals surface area contributed by atoms with Crippen LogP contribution < -0.4 is 4.18 Å². The monoisotopic (exact) mass is 299 g/mol. The predicted octanol–water partition coefficient (Wildman–Crippen LogP) is 1.73. The van der Waals surface area contributed by atoms with Gasteiger partial charge in [-0.3, -0.25) is 10.1 Å². The van der Waals surface area contributed by atoms with Crippen molar-refractivity contribution in [2.75, 3.05) is 6.54 Å². The quantitative estimate of drug-likeness (QED) is 0.358. The maximum Gasteiger partial charge on any atom is 0.534 e. The molecule has 1 rings (SSSR count). The van der Waals surface area contributed by atoms with E-state index in [4.69, 9.17) is 0 Å². The van der Waals surface area contributed by atoms with Gasteiger partial charge in [-0.15, -0.1) is 0 Å². The maximum absolute atomic E-state index is 12.1. The van der Waals surface area contributed by atoms with E-state index in [-0.39, 0.29) is 12.0 Å². The molecule has 10 heteroatoms. The zero-order valence-corrected chi connectivity index (χ0v) is 10.1. The van der Waals surface area contributed by atoms with E-state index in [0.717, 1.165) is 6.07 Å². The second-order valence-corrected chi connectivity index (χ2v) is 4.94. The Morgan fingerprint density at radius 1 is 1.26 bits per heavy atom. The number of para-hydroxylation sites is 1. The summed E-state index contributed by atoms with van der Waals surface area (Å²) in [5, 5.41) is 10.2. The number of halogens is 3. The predicted molar refractivity (Wildman–Crippen MR) is 57.6 cm³/mol. The number of alkyl halides is 3. The summed E-state index contributed by atoms with van der Waals surface area (Å²) in [6.45, 7) is -0.549. The van der Waals surface area contributed by atoms with Crippen molar-refractivity contribution in [1.29, 1.82) is 0 Å². The van der Waals surface area contributed by atoms with Crippen LogP contribution in [0.15, 0.2) is 24.3 Å². The molecule has 19 heavy (non-hydrogen) atoms. The highest BCUT2D eigenvalue weighted by Crippen LogP contribution is 2.28. The van der Waals surface area contributed by atoms with E-state index < -0.39 is 32.8 Å². The largest absolute Gasteiger partial charge is 0.534 e. The van der Waals surface area contributed by atoms with Crippen molar-refractivity contribution in [1.82, 2.24) is 0 Å². The summed E-state index contributed by atoms with van der Waals surface area (Å²) in [4.78, 5) is 9.52. The summed E-state index contributed by atoms with van der Waals surface area (Å²) >= 11 is 0. The van der Waals surface area contributed by atoms with Crippen LogP contribution in [-0.4, -0.2) is 25.4 Å². The minimum absolute atomic E-state index is 0.00650. The van der Waals surface area contributed by atoms with Crippen LogP contribution in [-0.2, 0) is 16.5 Å². The molecule has 0 amide bonds. The molecule has 0 heterocycles. The van der Waals surface area contributed by atoms with Crippen LogP contribution >= 0.6 is 0 Å². The first kappa shape index (κ1) is 15.2. The summed E-state index contributed by atoms with van der Waals surface area (Å²) < 4.78 is 62.0. The van der Waals surface area contributed by atoms with Gasteiger partial charge in [-0.05, 0) is 6.07 Å². The summed E-state index contributed by atoms with van der Waals surface area (Å²) in [6.07, 6.45) is -0.240. The lowest BCUT2D eigenvalue weighted by Gasteiger charge is -2.11. The fourth-order valence-electron chi connectivity index (χ4n) is 1.17. The van der Waals surface area contributed by atoms with Crippen molar-refractivity contribution < 1.29 is 30.7 Å². The molecule has 0 aliphatic carbocycles. The van der Waals surface area contributed by atoms with Gasteiger partial charge in [0.2, 0.25) is 6.54 Å². The minimum Gasteiger partial charge on any atom is -0.376 e. The Hall–Kier alpha value is -1.84. The van der Waals surface area contributed by atoms with Gasteiger partial charge in [-0.2, -0.15) is 21.6 Å². The minimum atomic E-state index is -5.78. The van der Waals surface area contributed by atoms with E-state index in [1.807, 2.05) is 0 Å². The van der Waals surface area contributed by atoms with Crippen LogP contribution in [0, 0.1) is 10.1 Å². The molecule has 1 aromatic rings. The molecule has 0 N–H and O–H groups in total. The Bertz CT molecular complexity index is 569. The molecule has 0 saturated carbocycles. The molecule has 0 aliphatic heterocycles. The van der Waals surface area contributed by atoms with Gasteiger partial charge in [0, 0.05) is 16.9 Å². The van der Waals surface area contributed by atoms with E-state index in [1.54, 1.807) is 0 Å². The van der Waals surface area contributed by atoms with Crippen molar-refractivity contribution in [3.05, 3.63) is 39.9 Å². The van der Waals surface area contributed by atoms with Crippen LogP contribution in [0.4, 0.5) is 13.2 Å². The van der Waals surface area contributed by atoms with Gasteiger partial charge in [-0.25, -0.2) is 0 Å². The highest BCUT2D eigenvalue weighted by Gasteiger charge is 2.48. The average Bonchev–Trinajstić information content (AvgIpc) is 2.25. The lowest BCUT2D eigenvalue weighted by molar-refractivity contribution is -0.479. The zero-order chi connectivity index (χ0) is 14.7. The van der Waals surface area contributed by atoms with Crippen LogP contribution in [0.5, 0.6) is 5.75 Å². The smallest absolute Gasteiger partial charge is 0.376 e. The van der Waals surface area contributed by atoms with Gasteiger partial charge < -0.3 is 4.18 Å². The lowest BCUT2D eigenvalue weighted by atomic mass is 10.1. The van der Waals surface area contributed by atoms with Gasteiger partial charge in [0.25, 0.3) is 0 Å². The first-order chi connectivity index (χ1) is 8.63. The van der Waals surface area contributed by atoms with Crippen LogP contribution in [0.3, 0.4) is 0 Å². The Labute approximate surface area is 106 Å². The number of benzene rings is 1. The lowest BCUT2D eigenvalue weighted by Crippen LogP contribution is -2.28. The zero-order valence-electron chi connectivity index (χ0n) is 9.25. The molecular weight excluding hydrogens is 291 g/mol. The third-order valence-electron chi connectivity index (χ3n) is 2.02. The molecule has 0 spiro atoms. The van der Waals surface area contributed by atoms with E-state index in [1.165, 1.54) is 18.2 Å². The van der Waals surface area contributed by atoms with Gasteiger partial charge in [0.05, 0.1) is 0 Å². The van der Waals surface area contributed by atoms with Crippen molar-refractivity contribution in [3.63, 3.8) is 0 Å². The van der Waals surface area contributed by atoms with Crippen LogP contribution in [0.25, 0.3) is 0 Å². The molecule has 6 nitrogen and oxygen atoms in total. The van der Waals surface area contributed by atoms with Gasteiger partial charge in [0.1, 0.15) is 5.75 Å². The topological polar surface area (TPSA) is 86.5 Å². The molecule has 0 unspecified atom stereocenters. The molecule has 0 saturated heterocycles. The summed E-state index contributed by atoms with van der Waals surface area (Å²) in [5.41, 5.74) is -5.55. The standard InChI is InChI=1S/C9H8F3NO5S/c10-9(11,12)19(16,17)18-8-4-2-1-3-7(8)5-6-13(14)15/h1-4H,5-6H2. The van der Waals surface area contributed by atoms with E-state index >= 15 is 0 Å². The summed E-state index contributed by atoms with van der Waals surface area (Å²) in [7, 11) is -5.78. The van der Waals surface area contributed by atoms with Crippen LogP contribution in [0.2, 0.25) is 0 Å². The molecule has 0 atom stereocenters. The Balaban J connectivity index is 2.99. The number of nitrogens with zero attached hydrogens (tertiary/aromatic N) is 1. The second kappa shape index (κ2) is 5.43. The fraction of sp³-hybridized carbons (Fsp3) is 0.333. The highest BCUT2D eigenvalue weighted by atomic mass is 32.2. The van der Waals surface area contributed by atoms with Crippen molar-refractivity contribution in [2.45, 2.75) is 11.9 Å². The molecular formula is C9H8F3NO5S. The van der Waals surface area contributed by atoms with Gasteiger partial charge >= 0.3 is 15.6 Å². The third kappa shape index (κ3) is 4.09. The van der Waals surface area contributed by atoms with Crippen LogP contribution in [0.1, 0.15) is 5.56 Å².